The highest BCUT2D eigenvalue weighted by Gasteiger charge is 2.36. The first kappa shape index (κ1) is 18.0. The number of halogens is 2. The topological polar surface area (TPSA) is 101 Å². The minimum absolute atomic E-state index is 0.0796. The molecule has 1 saturated carbocycles. The average molecular weight is 365 g/mol. The Balaban J connectivity index is 1.98. The zero-order valence-electron chi connectivity index (χ0n) is 13.7. The van der Waals surface area contributed by atoms with Crippen LogP contribution in [0.4, 0.5) is 8.78 Å². The molecule has 0 spiro atoms. The Hall–Kier alpha value is -2.84. The molecule has 1 aliphatic rings. The number of aromatic hydroxyl groups is 1. The normalized spacial score (nSPS) is 17.2. The number of nitrogens with zero attached hydrogens (tertiary/aromatic N) is 2. The van der Waals surface area contributed by atoms with E-state index in [9.17, 15) is 28.3 Å². The average Bonchev–Trinajstić information content (AvgIpc) is 2.60. The van der Waals surface area contributed by atoms with Crippen LogP contribution in [0.5, 0.6) is 5.75 Å². The Morgan fingerprint density at radius 2 is 2.12 bits per heavy atom. The van der Waals surface area contributed by atoms with Crippen LogP contribution < -0.4 is 10.9 Å². The summed E-state index contributed by atoms with van der Waals surface area (Å²) in [6.07, 6.45) is 1.35. The van der Waals surface area contributed by atoms with Crippen molar-refractivity contribution >= 4 is 23.2 Å². The van der Waals surface area contributed by atoms with Gasteiger partial charge in [0, 0.05) is 25.1 Å². The molecular formula is C17H17F2N3O4. The molecule has 0 aliphatic heterocycles. The number of aldehydes is 1. The maximum absolute atomic E-state index is 13.2. The molecule has 0 aromatic carbocycles. The summed E-state index contributed by atoms with van der Waals surface area (Å²) < 4.78 is 27.5. The van der Waals surface area contributed by atoms with Gasteiger partial charge in [-0.15, -0.1) is 0 Å². The van der Waals surface area contributed by atoms with Gasteiger partial charge in [-0.3, -0.25) is 14.2 Å². The number of hydrogen-bond donors (Lipinski definition) is 2. The fraction of sp³-hybridized carbons (Fsp3) is 0.412. The van der Waals surface area contributed by atoms with Crippen molar-refractivity contribution in [2.75, 3.05) is 0 Å². The lowest BCUT2D eigenvalue weighted by Crippen LogP contribution is -2.42. The number of pyridine rings is 2. The molecule has 2 heterocycles. The third-order valence-electron chi connectivity index (χ3n) is 4.53. The predicted molar refractivity (Wildman–Crippen MR) is 88.4 cm³/mol. The minimum atomic E-state index is -2.74. The highest BCUT2D eigenvalue weighted by molar-refractivity contribution is 6.01. The maximum Gasteiger partial charge on any atom is 0.269 e. The minimum Gasteiger partial charge on any atom is -0.506 e. The number of rotatable bonds is 4. The molecular weight excluding hydrogens is 348 g/mol. The molecule has 1 fully saturated rings. The Labute approximate surface area is 146 Å². The summed E-state index contributed by atoms with van der Waals surface area (Å²) in [4.78, 5) is 40.0. The monoisotopic (exact) mass is 365 g/mol. The third-order valence-corrected chi connectivity index (χ3v) is 4.53. The van der Waals surface area contributed by atoms with Gasteiger partial charge in [0.25, 0.3) is 11.5 Å². The molecule has 0 saturated heterocycles. The molecule has 0 atom stereocenters. The molecule has 1 aliphatic carbocycles. The van der Waals surface area contributed by atoms with Crippen molar-refractivity contribution in [2.45, 2.75) is 44.2 Å². The summed E-state index contributed by atoms with van der Waals surface area (Å²) in [6.45, 7) is -0.331. The highest BCUT2D eigenvalue weighted by Crippen LogP contribution is 2.33. The lowest BCUT2D eigenvalue weighted by atomic mass is 9.92. The predicted octanol–water partition coefficient (Wildman–Crippen LogP) is 1.61. The van der Waals surface area contributed by atoms with Crippen LogP contribution in [-0.2, 0) is 11.3 Å². The fourth-order valence-electron chi connectivity index (χ4n) is 3.15. The standard InChI is InChI=1S/C17H17F2N3O4/c18-17(19)5-3-10(4-6-17)21-15(25)12-13(24)11-2-1-7-20-14(11)22(8-9-23)16(12)26/h1-2,7,9-10,24H,3-6,8H2,(H,21,25). The van der Waals surface area contributed by atoms with Gasteiger partial charge in [-0.25, -0.2) is 13.8 Å². The van der Waals surface area contributed by atoms with Gasteiger partial charge >= 0.3 is 0 Å². The first-order valence-corrected chi connectivity index (χ1v) is 8.17. The summed E-state index contributed by atoms with van der Waals surface area (Å²) in [5, 5.41) is 13.1. The van der Waals surface area contributed by atoms with Gasteiger partial charge in [-0.1, -0.05) is 0 Å². The van der Waals surface area contributed by atoms with Crippen LogP contribution in [0.3, 0.4) is 0 Å². The summed E-state index contributed by atoms with van der Waals surface area (Å²) >= 11 is 0. The maximum atomic E-state index is 13.2. The molecule has 1 amide bonds. The van der Waals surface area contributed by atoms with Crippen molar-refractivity contribution in [3.05, 3.63) is 34.2 Å². The van der Waals surface area contributed by atoms with Crippen LogP contribution in [0.25, 0.3) is 11.0 Å². The fourth-order valence-corrected chi connectivity index (χ4v) is 3.15. The Morgan fingerprint density at radius 1 is 1.42 bits per heavy atom. The number of nitrogens with one attached hydrogen (secondary N) is 1. The van der Waals surface area contributed by atoms with Crippen LogP contribution in [0.1, 0.15) is 36.0 Å². The van der Waals surface area contributed by atoms with Crippen LogP contribution in [0.2, 0.25) is 0 Å². The van der Waals surface area contributed by atoms with E-state index in [1.165, 1.54) is 18.3 Å². The van der Waals surface area contributed by atoms with Gasteiger partial charge < -0.3 is 15.2 Å². The van der Waals surface area contributed by atoms with Gasteiger partial charge in [0.05, 0.1) is 11.9 Å². The van der Waals surface area contributed by atoms with Crippen molar-refractivity contribution in [1.82, 2.24) is 14.9 Å². The van der Waals surface area contributed by atoms with E-state index in [4.69, 9.17) is 0 Å². The van der Waals surface area contributed by atoms with Gasteiger partial charge in [0.2, 0.25) is 5.92 Å². The van der Waals surface area contributed by atoms with E-state index in [0.29, 0.717) is 6.29 Å². The largest absolute Gasteiger partial charge is 0.506 e. The second-order valence-electron chi connectivity index (χ2n) is 6.28. The number of fused-ring (bicyclic) bond motifs is 1. The number of carbonyl (C=O) groups excluding carboxylic acids is 2. The number of aromatic nitrogens is 2. The van der Waals surface area contributed by atoms with E-state index >= 15 is 0 Å². The Bertz CT molecular complexity index is 916. The molecule has 3 rings (SSSR count). The van der Waals surface area contributed by atoms with E-state index in [0.717, 1.165) is 4.57 Å². The molecule has 138 valence electrons. The van der Waals surface area contributed by atoms with Crippen LogP contribution >= 0.6 is 0 Å². The summed E-state index contributed by atoms with van der Waals surface area (Å²) in [5.74, 6) is -4.14. The second kappa shape index (κ2) is 6.81. The highest BCUT2D eigenvalue weighted by atomic mass is 19.3. The van der Waals surface area contributed by atoms with E-state index in [1.807, 2.05) is 0 Å². The van der Waals surface area contributed by atoms with E-state index in [1.54, 1.807) is 0 Å². The van der Waals surface area contributed by atoms with E-state index in [2.05, 4.69) is 10.3 Å². The van der Waals surface area contributed by atoms with Crippen molar-refractivity contribution in [1.29, 1.82) is 0 Å². The van der Waals surface area contributed by atoms with Crippen LogP contribution in [0, 0.1) is 0 Å². The molecule has 2 aromatic rings. The first-order chi connectivity index (χ1) is 12.3. The SMILES string of the molecule is O=CCn1c(=O)c(C(=O)NC2CCC(F)(F)CC2)c(O)c2cccnc21. The second-order valence-corrected chi connectivity index (χ2v) is 6.28. The zero-order chi connectivity index (χ0) is 18.9. The van der Waals surface area contributed by atoms with Crippen molar-refractivity contribution in [2.24, 2.45) is 0 Å². The molecule has 9 heteroatoms. The number of carbonyl (C=O) groups is 2. The van der Waals surface area contributed by atoms with E-state index in [-0.39, 0.29) is 43.3 Å². The quantitative estimate of drug-likeness (QED) is 0.802. The number of alkyl halides is 2. The molecule has 2 aromatic heterocycles. The summed E-state index contributed by atoms with van der Waals surface area (Å²) in [6, 6.07) is 2.48. The van der Waals surface area contributed by atoms with E-state index < -0.39 is 34.7 Å². The molecule has 0 radical (unpaired) electrons. The van der Waals surface area contributed by atoms with Crippen molar-refractivity contribution in [3.8, 4) is 5.75 Å². The van der Waals surface area contributed by atoms with Crippen LogP contribution in [0.15, 0.2) is 23.1 Å². The summed E-state index contributed by atoms with van der Waals surface area (Å²) in [7, 11) is 0. The molecule has 0 bridgehead atoms. The summed E-state index contributed by atoms with van der Waals surface area (Å²) in [5.41, 5.74) is -1.31. The smallest absolute Gasteiger partial charge is 0.269 e. The van der Waals surface area contributed by atoms with Gasteiger partial charge in [0.1, 0.15) is 23.2 Å². The Morgan fingerprint density at radius 3 is 2.77 bits per heavy atom. The molecule has 0 unspecified atom stereocenters. The number of hydrogen-bond acceptors (Lipinski definition) is 5. The van der Waals surface area contributed by atoms with Crippen LogP contribution in [-0.4, -0.2) is 38.8 Å². The van der Waals surface area contributed by atoms with Crippen molar-refractivity contribution < 1.29 is 23.5 Å². The third kappa shape index (κ3) is 3.29. The molecule has 7 nitrogen and oxygen atoms in total. The Kier molecular flexibility index (Phi) is 4.71. The lowest BCUT2D eigenvalue weighted by Gasteiger charge is -2.28. The van der Waals surface area contributed by atoms with Gasteiger partial charge in [0.15, 0.2) is 0 Å². The lowest BCUT2D eigenvalue weighted by molar-refractivity contribution is -0.108. The van der Waals surface area contributed by atoms with Gasteiger partial charge in [-0.05, 0) is 25.0 Å². The van der Waals surface area contributed by atoms with Crippen molar-refractivity contribution in [3.63, 3.8) is 0 Å². The first-order valence-electron chi connectivity index (χ1n) is 8.17. The molecule has 26 heavy (non-hydrogen) atoms. The number of amides is 1. The van der Waals surface area contributed by atoms with Gasteiger partial charge in [-0.2, -0.15) is 0 Å². The molecule has 2 N–H and O–H groups in total. The zero-order valence-corrected chi connectivity index (χ0v) is 13.7.